The number of ether oxygens (including phenoxy) is 1. The summed E-state index contributed by atoms with van der Waals surface area (Å²) in [5.74, 6) is 1.09. The second-order valence-electron chi connectivity index (χ2n) is 4.81. The number of aliphatic hydroxyl groups excluding tert-OH is 1. The fourth-order valence-electron chi connectivity index (χ4n) is 1.95. The average Bonchev–Trinajstić information content (AvgIpc) is 2.46. The number of aliphatic hydroxyl groups is 1. The Bertz CT molecular complexity index is 705. The second kappa shape index (κ2) is 6.28. The van der Waals surface area contributed by atoms with Crippen molar-refractivity contribution in [2.75, 3.05) is 6.26 Å². The summed E-state index contributed by atoms with van der Waals surface area (Å²) in [4.78, 5) is 0.247. The summed E-state index contributed by atoms with van der Waals surface area (Å²) < 4.78 is 28.6. The summed E-state index contributed by atoms with van der Waals surface area (Å²) in [7, 11) is -3.21. The van der Waals surface area contributed by atoms with Gasteiger partial charge in [-0.2, -0.15) is 0 Å². The summed E-state index contributed by atoms with van der Waals surface area (Å²) in [6.45, 7) is 1.89. The first-order valence-corrected chi connectivity index (χ1v) is 8.56. The molecule has 0 fully saturated rings. The molecule has 0 unspecified atom stereocenters. The zero-order chi connectivity index (χ0) is 15.5. The van der Waals surface area contributed by atoms with Gasteiger partial charge in [-0.25, -0.2) is 8.42 Å². The van der Waals surface area contributed by atoms with E-state index in [9.17, 15) is 13.5 Å². The molecule has 0 aliphatic rings. The van der Waals surface area contributed by atoms with Crippen LogP contribution in [-0.4, -0.2) is 19.8 Å². The van der Waals surface area contributed by atoms with Crippen molar-refractivity contribution in [3.8, 4) is 11.5 Å². The fraction of sp³-hybridized carbons (Fsp3) is 0.250. The highest BCUT2D eigenvalue weighted by Gasteiger charge is 2.12. The predicted molar refractivity (Wildman–Crippen MR) is 81.3 cm³/mol. The summed E-state index contributed by atoms with van der Waals surface area (Å²) in [6, 6.07) is 13.5. The summed E-state index contributed by atoms with van der Waals surface area (Å²) >= 11 is 0. The maximum absolute atomic E-state index is 11.4. The van der Waals surface area contributed by atoms with E-state index in [0.29, 0.717) is 23.5 Å². The molecule has 0 radical (unpaired) electrons. The topological polar surface area (TPSA) is 63.6 Å². The predicted octanol–water partition coefficient (Wildman–Crippen LogP) is 3.33. The normalized spacial score (nSPS) is 12.9. The van der Waals surface area contributed by atoms with Gasteiger partial charge < -0.3 is 9.84 Å². The molecule has 4 nitrogen and oxygen atoms in total. The summed E-state index contributed by atoms with van der Waals surface area (Å²) in [5.41, 5.74) is 0.715. The molecular formula is C16H18O4S. The maximum Gasteiger partial charge on any atom is 0.175 e. The van der Waals surface area contributed by atoms with Crippen LogP contribution in [0.25, 0.3) is 0 Å². The Morgan fingerprint density at radius 3 is 2.29 bits per heavy atom. The average molecular weight is 306 g/mol. The number of rotatable bonds is 5. The van der Waals surface area contributed by atoms with Gasteiger partial charge in [-0.1, -0.05) is 25.1 Å². The van der Waals surface area contributed by atoms with E-state index in [-0.39, 0.29) is 4.90 Å². The lowest BCUT2D eigenvalue weighted by atomic mass is 10.1. The van der Waals surface area contributed by atoms with Crippen LogP contribution in [0.1, 0.15) is 25.0 Å². The van der Waals surface area contributed by atoms with Crippen LogP contribution >= 0.6 is 0 Å². The molecular weight excluding hydrogens is 288 g/mol. The van der Waals surface area contributed by atoms with Crippen LogP contribution in [0.15, 0.2) is 53.4 Å². The van der Waals surface area contributed by atoms with Gasteiger partial charge in [0.05, 0.1) is 11.0 Å². The molecule has 112 valence electrons. The Hall–Kier alpha value is -1.85. The molecule has 0 spiro atoms. The number of sulfone groups is 1. The van der Waals surface area contributed by atoms with Gasteiger partial charge in [-0.3, -0.25) is 0 Å². The Labute approximate surface area is 124 Å². The monoisotopic (exact) mass is 306 g/mol. The molecule has 5 heteroatoms. The van der Waals surface area contributed by atoms with Crippen molar-refractivity contribution in [3.05, 3.63) is 54.1 Å². The van der Waals surface area contributed by atoms with E-state index in [0.717, 1.165) is 6.26 Å². The van der Waals surface area contributed by atoms with Gasteiger partial charge in [0.25, 0.3) is 0 Å². The van der Waals surface area contributed by atoms with E-state index in [2.05, 4.69) is 0 Å². The third kappa shape index (κ3) is 3.83. The minimum atomic E-state index is -3.21. The molecule has 0 aliphatic heterocycles. The molecule has 2 rings (SSSR count). The number of hydrogen-bond donors (Lipinski definition) is 1. The SMILES string of the molecule is CC[C@@H](O)c1ccccc1Oc1ccc(S(C)(=O)=O)cc1. The van der Waals surface area contributed by atoms with Gasteiger partial charge in [0.1, 0.15) is 11.5 Å². The lowest BCUT2D eigenvalue weighted by Gasteiger charge is -2.14. The van der Waals surface area contributed by atoms with Gasteiger partial charge in [0.15, 0.2) is 9.84 Å². The number of para-hydroxylation sites is 1. The van der Waals surface area contributed by atoms with E-state index in [1.807, 2.05) is 25.1 Å². The van der Waals surface area contributed by atoms with Crippen LogP contribution in [0.3, 0.4) is 0 Å². The van der Waals surface area contributed by atoms with E-state index in [4.69, 9.17) is 4.74 Å². The molecule has 2 aromatic carbocycles. The molecule has 0 aromatic heterocycles. The molecule has 0 amide bonds. The lowest BCUT2D eigenvalue weighted by Crippen LogP contribution is -1.99. The van der Waals surface area contributed by atoms with Crippen LogP contribution in [0.2, 0.25) is 0 Å². The van der Waals surface area contributed by atoms with E-state index in [1.54, 1.807) is 18.2 Å². The molecule has 0 saturated carbocycles. The Morgan fingerprint density at radius 2 is 1.71 bits per heavy atom. The van der Waals surface area contributed by atoms with Crippen molar-refractivity contribution >= 4 is 9.84 Å². The molecule has 2 aromatic rings. The Kier molecular flexibility index (Phi) is 4.65. The van der Waals surface area contributed by atoms with Crippen molar-refractivity contribution in [3.63, 3.8) is 0 Å². The first kappa shape index (κ1) is 15.5. The molecule has 1 atom stereocenters. The number of benzene rings is 2. The first-order valence-electron chi connectivity index (χ1n) is 6.66. The van der Waals surface area contributed by atoms with Crippen LogP contribution in [0.5, 0.6) is 11.5 Å². The highest BCUT2D eigenvalue weighted by molar-refractivity contribution is 7.90. The molecule has 0 aliphatic carbocycles. The van der Waals surface area contributed by atoms with E-state index >= 15 is 0 Å². The van der Waals surface area contributed by atoms with Crippen molar-refractivity contribution in [2.45, 2.75) is 24.3 Å². The zero-order valence-electron chi connectivity index (χ0n) is 12.0. The summed E-state index contributed by atoms with van der Waals surface area (Å²) in [5, 5.41) is 9.98. The van der Waals surface area contributed by atoms with Gasteiger partial charge >= 0.3 is 0 Å². The van der Waals surface area contributed by atoms with Crippen LogP contribution in [-0.2, 0) is 9.84 Å². The molecule has 21 heavy (non-hydrogen) atoms. The minimum Gasteiger partial charge on any atom is -0.457 e. The van der Waals surface area contributed by atoms with Crippen molar-refractivity contribution in [1.29, 1.82) is 0 Å². The minimum absolute atomic E-state index is 0.247. The lowest BCUT2D eigenvalue weighted by molar-refractivity contribution is 0.170. The van der Waals surface area contributed by atoms with E-state index < -0.39 is 15.9 Å². The van der Waals surface area contributed by atoms with Crippen LogP contribution in [0, 0.1) is 0 Å². The largest absolute Gasteiger partial charge is 0.457 e. The number of hydrogen-bond acceptors (Lipinski definition) is 4. The highest BCUT2D eigenvalue weighted by atomic mass is 32.2. The van der Waals surface area contributed by atoms with Crippen molar-refractivity contribution in [2.24, 2.45) is 0 Å². The molecule has 0 bridgehead atoms. The third-order valence-corrected chi connectivity index (χ3v) is 4.27. The van der Waals surface area contributed by atoms with Gasteiger partial charge in [0, 0.05) is 11.8 Å². The first-order chi connectivity index (χ1) is 9.91. The fourth-order valence-corrected chi connectivity index (χ4v) is 2.58. The van der Waals surface area contributed by atoms with Crippen molar-refractivity contribution < 1.29 is 18.3 Å². The zero-order valence-corrected chi connectivity index (χ0v) is 12.8. The standard InChI is InChI=1S/C16H18O4S/c1-3-15(17)14-6-4-5-7-16(14)20-12-8-10-13(11-9-12)21(2,18)19/h4-11,15,17H,3H2,1-2H3/t15-/m1/s1. The second-order valence-corrected chi connectivity index (χ2v) is 6.82. The van der Waals surface area contributed by atoms with Gasteiger partial charge in [0.2, 0.25) is 0 Å². The Balaban J connectivity index is 2.27. The van der Waals surface area contributed by atoms with Crippen molar-refractivity contribution in [1.82, 2.24) is 0 Å². The van der Waals surface area contributed by atoms with Gasteiger partial charge in [-0.05, 0) is 36.8 Å². The smallest absolute Gasteiger partial charge is 0.175 e. The molecule has 1 N–H and O–H groups in total. The highest BCUT2D eigenvalue weighted by Crippen LogP contribution is 2.31. The Morgan fingerprint density at radius 1 is 1.10 bits per heavy atom. The molecule has 0 saturated heterocycles. The maximum atomic E-state index is 11.4. The van der Waals surface area contributed by atoms with Gasteiger partial charge in [-0.15, -0.1) is 0 Å². The quantitative estimate of drug-likeness (QED) is 0.920. The van der Waals surface area contributed by atoms with Crippen LogP contribution in [0.4, 0.5) is 0 Å². The van der Waals surface area contributed by atoms with Crippen LogP contribution < -0.4 is 4.74 Å². The van der Waals surface area contributed by atoms with E-state index in [1.165, 1.54) is 12.1 Å². The third-order valence-electron chi connectivity index (χ3n) is 3.14. The summed E-state index contributed by atoms with van der Waals surface area (Å²) in [6.07, 6.45) is 1.17. The molecule has 0 heterocycles.